The quantitative estimate of drug-likeness (QED) is 0.452. The van der Waals surface area contributed by atoms with Crippen LogP contribution in [0.4, 0.5) is 4.79 Å². The smallest absolute Gasteiger partial charge is 0.408 e. The maximum absolute atomic E-state index is 13.5. The molecule has 0 aliphatic heterocycles. The molecule has 8 nitrogen and oxygen atoms in total. The second kappa shape index (κ2) is 12.7. The van der Waals surface area contributed by atoms with Crippen molar-refractivity contribution in [1.82, 2.24) is 15.5 Å². The van der Waals surface area contributed by atoms with Gasteiger partial charge in [0, 0.05) is 13.1 Å². The lowest BCUT2D eigenvalue weighted by Crippen LogP contribution is -2.54. The summed E-state index contributed by atoms with van der Waals surface area (Å²) in [6.45, 7) is 10.3. The second-order valence-electron chi connectivity index (χ2n) is 9.18. The highest BCUT2D eigenvalue weighted by molar-refractivity contribution is 5.92. The summed E-state index contributed by atoms with van der Waals surface area (Å²) in [5.41, 5.74) is 1.64. The minimum absolute atomic E-state index is 0.0166. The molecule has 188 valence electrons. The highest BCUT2D eigenvalue weighted by atomic mass is 16.6. The first-order valence-corrected chi connectivity index (χ1v) is 11.5. The van der Waals surface area contributed by atoms with Crippen LogP contribution in [0.25, 0.3) is 0 Å². The van der Waals surface area contributed by atoms with E-state index in [1.54, 1.807) is 32.9 Å². The molecule has 3 amide bonds. The summed E-state index contributed by atoms with van der Waals surface area (Å²) >= 11 is 0. The average Bonchev–Trinajstić information content (AvgIpc) is 2.80. The Morgan fingerprint density at radius 2 is 1.80 bits per heavy atom. The van der Waals surface area contributed by atoms with Crippen LogP contribution in [0.2, 0.25) is 0 Å². The molecular formula is C27H35N3O5. The lowest BCUT2D eigenvalue weighted by Gasteiger charge is -2.33. The van der Waals surface area contributed by atoms with E-state index in [9.17, 15) is 19.5 Å². The van der Waals surface area contributed by atoms with Crippen LogP contribution in [0.3, 0.4) is 0 Å². The summed E-state index contributed by atoms with van der Waals surface area (Å²) in [6.07, 6.45) is 0.650. The molecule has 2 unspecified atom stereocenters. The SMILES string of the molecule is C=CCN(C(=O)C(CO)NC(=O)OC(C)(C)C)C(C(=O)NCc1ccccc1)c1cccc(C)c1. The third-order valence-electron chi connectivity index (χ3n) is 5.01. The van der Waals surface area contributed by atoms with Gasteiger partial charge in [-0.3, -0.25) is 9.59 Å². The molecule has 3 N–H and O–H groups in total. The molecule has 35 heavy (non-hydrogen) atoms. The number of benzene rings is 2. The number of amides is 3. The van der Waals surface area contributed by atoms with Gasteiger partial charge in [-0.05, 0) is 38.8 Å². The van der Waals surface area contributed by atoms with Gasteiger partial charge in [0.05, 0.1) is 6.61 Å². The lowest BCUT2D eigenvalue weighted by molar-refractivity contribution is -0.142. The maximum Gasteiger partial charge on any atom is 0.408 e. The minimum atomic E-state index is -1.31. The topological polar surface area (TPSA) is 108 Å². The van der Waals surface area contributed by atoms with Crippen molar-refractivity contribution in [3.63, 3.8) is 0 Å². The fourth-order valence-electron chi connectivity index (χ4n) is 3.49. The Bertz CT molecular complexity index is 1020. The number of carbonyl (C=O) groups is 3. The van der Waals surface area contributed by atoms with Gasteiger partial charge < -0.3 is 25.4 Å². The number of nitrogens with one attached hydrogen (secondary N) is 2. The Morgan fingerprint density at radius 1 is 1.11 bits per heavy atom. The van der Waals surface area contributed by atoms with Crippen molar-refractivity contribution in [2.24, 2.45) is 0 Å². The number of aliphatic hydroxyl groups is 1. The first-order valence-electron chi connectivity index (χ1n) is 11.5. The Morgan fingerprint density at radius 3 is 2.37 bits per heavy atom. The summed E-state index contributed by atoms with van der Waals surface area (Å²) in [6, 6.07) is 14.4. The molecular weight excluding hydrogens is 446 g/mol. The molecule has 0 bridgehead atoms. The number of alkyl carbamates (subject to hydrolysis) is 1. The summed E-state index contributed by atoms with van der Waals surface area (Å²) in [7, 11) is 0. The van der Waals surface area contributed by atoms with E-state index in [-0.39, 0.29) is 13.1 Å². The minimum Gasteiger partial charge on any atom is -0.444 e. The predicted molar refractivity (Wildman–Crippen MR) is 134 cm³/mol. The number of hydrogen-bond acceptors (Lipinski definition) is 5. The number of hydrogen-bond donors (Lipinski definition) is 3. The van der Waals surface area contributed by atoms with E-state index in [1.165, 1.54) is 11.0 Å². The molecule has 2 aromatic rings. The van der Waals surface area contributed by atoms with Crippen molar-refractivity contribution in [2.45, 2.75) is 51.9 Å². The van der Waals surface area contributed by atoms with E-state index in [4.69, 9.17) is 4.74 Å². The van der Waals surface area contributed by atoms with Crippen LogP contribution in [-0.2, 0) is 20.9 Å². The highest BCUT2D eigenvalue weighted by Gasteiger charge is 2.35. The van der Waals surface area contributed by atoms with Gasteiger partial charge in [-0.15, -0.1) is 6.58 Å². The average molecular weight is 482 g/mol. The molecule has 0 aliphatic rings. The third kappa shape index (κ3) is 8.57. The van der Waals surface area contributed by atoms with Gasteiger partial charge in [-0.1, -0.05) is 66.2 Å². The van der Waals surface area contributed by atoms with Gasteiger partial charge in [0.2, 0.25) is 11.8 Å². The van der Waals surface area contributed by atoms with E-state index in [0.29, 0.717) is 5.56 Å². The summed E-state index contributed by atoms with van der Waals surface area (Å²) in [4.78, 5) is 40.5. The van der Waals surface area contributed by atoms with Crippen LogP contribution in [0.5, 0.6) is 0 Å². The van der Waals surface area contributed by atoms with Crippen molar-refractivity contribution in [1.29, 1.82) is 0 Å². The zero-order valence-corrected chi connectivity index (χ0v) is 20.8. The summed E-state index contributed by atoms with van der Waals surface area (Å²) in [5, 5.41) is 15.2. The normalized spacial score (nSPS) is 12.7. The summed E-state index contributed by atoms with van der Waals surface area (Å²) in [5.74, 6) is -1.04. The zero-order chi connectivity index (χ0) is 26.0. The number of ether oxygens (including phenoxy) is 1. The molecule has 2 atom stereocenters. The Kier molecular flexibility index (Phi) is 10.0. The highest BCUT2D eigenvalue weighted by Crippen LogP contribution is 2.24. The monoisotopic (exact) mass is 481 g/mol. The lowest BCUT2D eigenvalue weighted by atomic mass is 10.0. The van der Waals surface area contributed by atoms with Crippen molar-refractivity contribution in [2.75, 3.05) is 13.2 Å². The van der Waals surface area contributed by atoms with E-state index >= 15 is 0 Å². The fraction of sp³-hybridized carbons (Fsp3) is 0.370. The van der Waals surface area contributed by atoms with Crippen LogP contribution in [0.15, 0.2) is 67.3 Å². The van der Waals surface area contributed by atoms with Crippen LogP contribution in [-0.4, -0.2) is 52.7 Å². The molecule has 0 aromatic heterocycles. The van der Waals surface area contributed by atoms with Gasteiger partial charge in [-0.25, -0.2) is 4.79 Å². The fourth-order valence-corrected chi connectivity index (χ4v) is 3.49. The van der Waals surface area contributed by atoms with E-state index in [1.807, 2.05) is 49.4 Å². The van der Waals surface area contributed by atoms with Crippen LogP contribution in [0.1, 0.15) is 43.5 Å². The third-order valence-corrected chi connectivity index (χ3v) is 5.01. The van der Waals surface area contributed by atoms with E-state index in [2.05, 4.69) is 17.2 Å². The number of carbonyl (C=O) groups excluding carboxylic acids is 3. The molecule has 8 heteroatoms. The Labute approximate surface area is 207 Å². The first kappa shape index (κ1) is 27.6. The standard InChI is InChI=1S/C27H35N3O5/c1-6-15-30(25(33)22(18-31)29-26(34)35-27(3,4)5)23(21-14-10-11-19(2)16-21)24(32)28-17-20-12-8-7-9-13-20/h6-14,16,22-23,31H,1,15,17-18H2,2-5H3,(H,28,32)(H,29,34). The Hall–Kier alpha value is -3.65. The molecule has 0 heterocycles. The van der Waals surface area contributed by atoms with Crippen molar-refractivity contribution >= 4 is 17.9 Å². The molecule has 0 saturated heterocycles. The van der Waals surface area contributed by atoms with Gasteiger partial charge >= 0.3 is 6.09 Å². The molecule has 0 radical (unpaired) electrons. The number of nitrogens with zero attached hydrogens (tertiary/aromatic N) is 1. The molecule has 0 spiro atoms. The second-order valence-corrected chi connectivity index (χ2v) is 9.18. The zero-order valence-electron chi connectivity index (χ0n) is 20.8. The molecule has 2 aromatic carbocycles. The van der Waals surface area contributed by atoms with Crippen molar-refractivity contribution in [3.8, 4) is 0 Å². The molecule has 0 saturated carbocycles. The van der Waals surface area contributed by atoms with Gasteiger partial charge in [-0.2, -0.15) is 0 Å². The van der Waals surface area contributed by atoms with Crippen LogP contribution >= 0.6 is 0 Å². The van der Waals surface area contributed by atoms with E-state index in [0.717, 1.165) is 11.1 Å². The largest absolute Gasteiger partial charge is 0.444 e. The van der Waals surface area contributed by atoms with Gasteiger partial charge in [0.15, 0.2) is 0 Å². The van der Waals surface area contributed by atoms with Crippen LogP contribution in [0, 0.1) is 6.92 Å². The molecule has 0 aliphatic carbocycles. The van der Waals surface area contributed by atoms with Crippen LogP contribution < -0.4 is 10.6 Å². The van der Waals surface area contributed by atoms with E-state index < -0.39 is 42.2 Å². The molecule has 2 rings (SSSR count). The number of aliphatic hydroxyl groups excluding tert-OH is 1. The maximum atomic E-state index is 13.5. The molecule has 0 fully saturated rings. The first-order chi connectivity index (χ1) is 16.6. The Balaban J connectivity index is 2.36. The van der Waals surface area contributed by atoms with Gasteiger partial charge in [0.1, 0.15) is 17.7 Å². The van der Waals surface area contributed by atoms with Crippen molar-refractivity contribution in [3.05, 3.63) is 83.9 Å². The predicted octanol–water partition coefficient (Wildman–Crippen LogP) is 3.25. The number of aryl methyl sites for hydroxylation is 1. The summed E-state index contributed by atoms with van der Waals surface area (Å²) < 4.78 is 5.22. The number of rotatable bonds is 10. The van der Waals surface area contributed by atoms with Gasteiger partial charge in [0.25, 0.3) is 0 Å². The van der Waals surface area contributed by atoms with Crippen molar-refractivity contribution < 1.29 is 24.2 Å².